The number of furan rings is 1. The van der Waals surface area contributed by atoms with Crippen LogP contribution in [0.2, 0.25) is 5.02 Å². The van der Waals surface area contributed by atoms with E-state index in [1.54, 1.807) is 62.4 Å². The fraction of sp³-hybridized carbons (Fsp3) is 0.185. The minimum Gasteiger partial charge on any atom is -0.462 e. The summed E-state index contributed by atoms with van der Waals surface area (Å²) in [5.74, 6) is -0.448. The maximum atomic E-state index is 13.4. The van der Waals surface area contributed by atoms with Crippen LogP contribution < -0.4 is 9.62 Å². The Morgan fingerprint density at radius 1 is 1.05 bits per heavy atom. The Bertz CT molecular complexity index is 1500. The molecule has 37 heavy (non-hydrogen) atoms. The van der Waals surface area contributed by atoms with E-state index >= 15 is 0 Å². The Balaban J connectivity index is 1.60. The van der Waals surface area contributed by atoms with Crippen molar-refractivity contribution in [3.8, 4) is 0 Å². The van der Waals surface area contributed by atoms with Gasteiger partial charge in [-0.1, -0.05) is 29.3 Å². The highest BCUT2D eigenvalue weighted by Gasteiger charge is 2.38. The van der Waals surface area contributed by atoms with Gasteiger partial charge in [0, 0.05) is 16.4 Å². The van der Waals surface area contributed by atoms with Crippen molar-refractivity contribution in [3.63, 3.8) is 0 Å². The van der Waals surface area contributed by atoms with Crippen molar-refractivity contribution in [2.45, 2.75) is 32.2 Å². The number of anilines is 1. The van der Waals surface area contributed by atoms with Crippen molar-refractivity contribution in [1.82, 2.24) is 4.72 Å². The van der Waals surface area contributed by atoms with Crippen LogP contribution in [0.3, 0.4) is 0 Å². The second-order valence-electron chi connectivity index (χ2n) is 8.30. The molecule has 10 heteroatoms. The first-order valence-corrected chi connectivity index (χ1v) is 13.3. The highest BCUT2D eigenvalue weighted by Crippen LogP contribution is 2.36. The summed E-state index contributed by atoms with van der Waals surface area (Å²) in [4.78, 5) is 27.7. The van der Waals surface area contributed by atoms with Crippen molar-refractivity contribution in [1.29, 1.82) is 0 Å². The van der Waals surface area contributed by atoms with E-state index in [2.05, 4.69) is 4.72 Å². The molecule has 0 saturated carbocycles. The molecule has 192 valence electrons. The highest BCUT2D eigenvalue weighted by atomic mass is 35.5. The average molecular weight is 541 g/mol. The van der Waals surface area contributed by atoms with Gasteiger partial charge in [-0.2, -0.15) is 0 Å². The molecule has 0 aliphatic carbocycles. The lowest BCUT2D eigenvalue weighted by Crippen LogP contribution is -2.24. The Labute approximate surface area is 220 Å². The van der Waals surface area contributed by atoms with Gasteiger partial charge in [0.1, 0.15) is 11.5 Å². The number of rotatable bonds is 8. The van der Waals surface area contributed by atoms with Crippen LogP contribution in [-0.2, 0) is 30.9 Å². The largest absolute Gasteiger partial charge is 0.462 e. The van der Waals surface area contributed by atoms with Gasteiger partial charge in [0.15, 0.2) is 0 Å². The fourth-order valence-corrected chi connectivity index (χ4v) is 4.98. The summed E-state index contributed by atoms with van der Waals surface area (Å²) in [6.07, 6.45) is 1.45. The third kappa shape index (κ3) is 5.69. The lowest BCUT2D eigenvalue weighted by Gasteiger charge is -2.17. The molecular weight excluding hydrogens is 516 g/mol. The Kier molecular flexibility index (Phi) is 7.68. The number of ether oxygens (including phenoxy) is 1. The molecule has 0 bridgehead atoms. The molecule has 1 amide bonds. The van der Waals surface area contributed by atoms with E-state index < -0.39 is 21.9 Å². The number of esters is 1. The summed E-state index contributed by atoms with van der Waals surface area (Å²) in [6.45, 7) is 5.26. The smallest absolute Gasteiger partial charge is 0.340 e. The second kappa shape index (κ2) is 10.8. The standard InChI is InChI=1S/C27H25ClN2O6S/c1-4-35-27(32)25-18(3)30(20-9-7-19(28)8-10-20)26(31)24(25)15-21-11-12-22(36-21)16-29-37(33,34)23-13-5-17(2)6-14-23/h5-15,29H,4,16H2,1-3H3/b24-15+. The van der Waals surface area contributed by atoms with E-state index in [0.29, 0.717) is 22.2 Å². The summed E-state index contributed by atoms with van der Waals surface area (Å²) >= 11 is 5.99. The van der Waals surface area contributed by atoms with Crippen LogP contribution in [0.4, 0.5) is 5.69 Å². The normalized spacial score (nSPS) is 15.1. The molecule has 0 radical (unpaired) electrons. The van der Waals surface area contributed by atoms with Gasteiger partial charge in [-0.25, -0.2) is 17.9 Å². The maximum Gasteiger partial charge on any atom is 0.340 e. The summed E-state index contributed by atoms with van der Waals surface area (Å²) < 4.78 is 38.6. The second-order valence-corrected chi connectivity index (χ2v) is 10.5. The van der Waals surface area contributed by atoms with E-state index in [4.69, 9.17) is 20.8 Å². The zero-order valence-electron chi connectivity index (χ0n) is 20.4. The molecule has 2 aromatic carbocycles. The molecule has 0 unspecified atom stereocenters. The van der Waals surface area contributed by atoms with E-state index in [9.17, 15) is 18.0 Å². The van der Waals surface area contributed by atoms with Crippen LogP contribution in [0.25, 0.3) is 6.08 Å². The van der Waals surface area contributed by atoms with E-state index in [1.807, 2.05) is 6.92 Å². The molecule has 0 saturated heterocycles. The third-order valence-electron chi connectivity index (χ3n) is 5.70. The maximum absolute atomic E-state index is 13.4. The topological polar surface area (TPSA) is 106 Å². The zero-order chi connectivity index (χ0) is 26.7. The number of halogens is 1. The molecule has 1 aliphatic rings. The summed E-state index contributed by atoms with van der Waals surface area (Å²) in [5, 5.41) is 0.513. The fourth-order valence-electron chi connectivity index (χ4n) is 3.86. The Morgan fingerprint density at radius 2 is 1.73 bits per heavy atom. The SMILES string of the molecule is CCOC(=O)C1=C(C)N(c2ccc(Cl)cc2)C(=O)/C1=C/c1ccc(CNS(=O)(=O)c2ccc(C)cc2)o1. The monoisotopic (exact) mass is 540 g/mol. The van der Waals surface area contributed by atoms with Crippen molar-refractivity contribution in [2.75, 3.05) is 11.5 Å². The number of amides is 1. The molecule has 0 spiro atoms. The Hall–Kier alpha value is -3.66. The van der Waals surface area contributed by atoms with Crippen LogP contribution in [0, 0.1) is 6.92 Å². The zero-order valence-corrected chi connectivity index (χ0v) is 22.0. The van der Waals surface area contributed by atoms with Crippen molar-refractivity contribution < 1.29 is 27.2 Å². The van der Waals surface area contributed by atoms with Gasteiger partial charge in [-0.15, -0.1) is 0 Å². The summed E-state index contributed by atoms with van der Waals surface area (Å²) in [5.41, 5.74) is 2.13. The highest BCUT2D eigenvalue weighted by molar-refractivity contribution is 7.89. The van der Waals surface area contributed by atoms with Gasteiger partial charge in [-0.3, -0.25) is 9.69 Å². The molecule has 2 heterocycles. The van der Waals surface area contributed by atoms with E-state index in [-0.39, 0.29) is 35.0 Å². The van der Waals surface area contributed by atoms with Gasteiger partial charge >= 0.3 is 5.97 Å². The molecule has 8 nitrogen and oxygen atoms in total. The first-order chi connectivity index (χ1) is 17.6. The minimum absolute atomic E-state index is 0.0934. The van der Waals surface area contributed by atoms with Crippen molar-refractivity contribution in [2.24, 2.45) is 0 Å². The predicted molar refractivity (Wildman–Crippen MR) is 140 cm³/mol. The van der Waals surface area contributed by atoms with E-state index in [1.165, 1.54) is 23.1 Å². The van der Waals surface area contributed by atoms with Crippen LogP contribution >= 0.6 is 11.6 Å². The first-order valence-electron chi connectivity index (χ1n) is 11.5. The molecule has 1 N–H and O–H groups in total. The van der Waals surface area contributed by atoms with Gasteiger partial charge in [0.05, 0.1) is 29.2 Å². The van der Waals surface area contributed by atoms with Crippen LogP contribution in [0.1, 0.15) is 30.9 Å². The molecule has 0 atom stereocenters. The van der Waals surface area contributed by atoms with Crippen LogP contribution in [0.5, 0.6) is 0 Å². The van der Waals surface area contributed by atoms with Crippen molar-refractivity contribution >= 4 is 45.3 Å². The number of benzene rings is 2. The molecule has 1 aliphatic heterocycles. The minimum atomic E-state index is -3.74. The first kappa shape index (κ1) is 26.4. The lowest BCUT2D eigenvalue weighted by atomic mass is 10.1. The summed E-state index contributed by atoms with van der Waals surface area (Å²) in [7, 11) is -3.74. The molecule has 3 aromatic rings. The van der Waals surface area contributed by atoms with E-state index in [0.717, 1.165) is 5.56 Å². The van der Waals surface area contributed by atoms with Crippen LogP contribution in [-0.4, -0.2) is 26.9 Å². The number of hydrogen-bond acceptors (Lipinski definition) is 6. The molecule has 0 fully saturated rings. The molecular formula is C27H25ClN2O6S. The lowest BCUT2D eigenvalue weighted by molar-refractivity contribution is -0.138. The van der Waals surface area contributed by atoms with Crippen LogP contribution in [0.15, 0.2) is 86.8 Å². The predicted octanol–water partition coefficient (Wildman–Crippen LogP) is 4.99. The van der Waals surface area contributed by atoms with Gasteiger partial charge < -0.3 is 9.15 Å². The summed E-state index contributed by atoms with van der Waals surface area (Å²) in [6, 6.07) is 16.3. The molecule has 4 rings (SSSR count). The number of nitrogens with zero attached hydrogens (tertiary/aromatic N) is 1. The number of allylic oxidation sites excluding steroid dienone is 1. The van der Waals surface area contributed by atoms with Gasteiger partial charge in [-0.05, 0) is 75.4 Å². The quantitative estimate of drug-likeness (QED) is 0.319. The molecule has 1 aromatic heterocycles. The van der Waals surface area contributed by atoms with Gasteiger partial charge in [0.2, 0.25) is 10.0 Å². The third-order valence-corrected chi connectivity index (χ3v) is 7.37. The number of hydrogen-bond donors (Lipinski definition) is 1. The number of sulfonamides is 1. The van der Waals surface area contributed by atoms with Gasteiger partial charge in [0.25, 0.3) is 5.91 Å². The number of aryl methyl sites for hydroxylation is 1. The number of carbonyl (C=O) groups excluding carboxylic acids is 2. The number of carbonyl (C=O) groups is 2. The average Bonchev–Trinajstić information content (AvgIpc) is 3.41. The van der Waals surface area contributed by atoms with Crippen molar-refractivity contribution in [3.05, 3.63) is 99.6 Å². The Morgan fingerprint density at radius 3 is 2.38 bits per heavy atom. The number of nitrogens with one attached hydrogen (secondary N) is 1.